The van der Waals surface area contributed by atoms with E-state index in [1.807, 2.05) is 35.1 Å². The van der Waals surface area contributed by atoms with Gasteiger partial charge in [0.25, 0.3) is 0 Å². The molecule has 0 bridgehead atoms. The third-order valence-electron chi connectivity index (χ3n) is 4.23. The molecule has 0 saturated carbocycles. The van der Waals surface area contributed by atoms with Crippen LogP contribution >= 0.6 is 11.3 Å². The predicted octanol–water partition coefficient (Wildman–Crippen LogP) is 4.14. The number of rotatable bonds is 4. The molecule has 0 aliphatic rings. The Morgan fingerprint density at radius 3 is 2.88 bits per heavy atom. The summed E-state index contributed by atoms with van der Waals surface area (Å²) in [7, 11) is 1.36. The summed E-state index contributed by atoms with van der Waals surface area (Å²) in [6, 6.07) is 11.6. The Morgan fingerprint density at radius 1 is 1.23 bits per heavy atom. The van der Waals surface area contributed by atoms with E-state index in [4.69, 9.17) is 9.84 Å². The molecule has 5 nitrogen and oxygen atoms in total. The molecule has 0 amide bonds. The minimum atomic E-state index is -0.430. The van der Waals surface area contributed by atoms with Gasteiger partial charge >= 0.3 is 5.97 Å². The summed E-state index contributed by atoms with van der Waals surface area (Å²) < 4.78 is 6.69. The molecule has 6 heteroatoms. The fourth-order valence-corrected chi connectivity index (χ4v) is 3.63. The first-order valence-corrected chi connectivity index (χ1v) is 9.14. The average Bonchev–Trinajstić information content (AvgIpc) is 3.29. The summed E-state index contributed by atoms with van der Waals surface area (Å²) >= 11 is 1.65. The highest BCUT2D eigenvalue weighted by Crippen LogP contribution is 2.29. The molecule has 0 unspecified atom stereocenters. The van der Waals surface area contributed by atoms with Crippen LogP contribution in [-0.4, -0.2) is 27.7 Å². The van der Waals surface area contributed by atoms with Crippen LogP contribution in [0, 0.1) is 6.92 Å². The summed E-state index contributed by atoms with van der Waals surface area (Å²) in [5.74, 6) is -0.430. The van der Waals surface area contributed by atoms with Gasteiger partial charge in [0.1, 0.15) is 5.69 Å². The second kappa shape index (κ2) is 6.72. The molecule has 0 fully saturated rings. The lowest BCUT2D eigenvalue weighted by molar-refractivity contribution is 0.0593. The van der Waals surface area contributed by atoms with Gasteiger partial charge in [-0.05, 0) is 42.1 Å². The molecule has 4 rings (SSSR count). The summed E-state index contributed by atoms with van der Waals surface area (Å²) in [6.07, 6.45) is 2.61. The maximum absolute atomic E-state index is 11.8. The van der Waals surface area contributed by atoms with Crippen LogP contribution in [0.1, 0.15) is 27.3 Å². The Hall–Kier alpha value is -2.99. The first-order valence-electron chi connectivity index (χ1n) is 8.20. The normalized spacial score (nSPS) is 11.0. The van der Waals surface area contributed by atoms with Crippen molar-refractivity contribution in [3.63, 3.8) is 0 Å². The summed E-state index contributed by atoms with van der Waals surface area (Å²) in [6.45, 7) is 2.05. The van der Waals surface area contributed by atoms with Crippen LogP contribution in [0.5, 0.6) is 0 Å². The molecule has 4 aromatic rings. The lowest BCUT2D eigenvalue weighted by Gasteiger charge is -2.05. The Labute approximate surface area is 154 Å². The molecule has 0 radical (unpaired) electrons. The number of carbonyl (C=O) groups excluding carboxylic acids is 1. The number of pyridine rings is 2. The third kappa shape index (κ3) is 2.99. The summed E-state index contributed by atoms with van der Waals surface area (Å²) in [5.41, 5.74) is 6.45. The van der Waals surface area contributed by atoms with Crippen molar-refractivity contribution in [3.8, 4) is 11.3 Å². The van der Waals surface area contributed by atoms with Crippen LogP contribution in [0.4, 0.5) is 0 Å². The number of methoxy groups -OCH3 is 1. The molecule has 26 heavy (non-hydrogen) atoms. The van der Waals surface area contributed by atoms with Gasteiger partial charge in [-0.2, -0.15) is 16.4 Å². The fraction of sp³-hybridized carbons (Fsp3) is 0.150. The van der Waals surface area contributed by atoms with Crippen LogP contribution in [0.2, 0.25) is 0 Å². The van der Waals surface area contributed by atoms with Crippen LogP contribution in [0.15, 0.2) is 53.4 Å². The zero-order valence-electron chi connectivity index (χ0n) is 14.5. The quantitative estimate of drug-likeness (QED) is 0.511. The van der Waals surface area contributed by atoms with Gasteiger partial charge in [0.05, 0.1) is 18.3 Å². The maximum atomic E-state index is 11.8. The van der Waals surface area contributed by atoms with Crippen molar-refractivity contribution in [2.45, 2.75) is 13.3 Å². The van der Waals surface area contributed by atoms with E-state index >= 15 is 0 Å². The molecule has 0 aliphatic carbocycles. The highest BCUT2D eigenvalue weighted by molar-refractivity contribution is 7.08. The van der Waals surface area contributed by atoms with Gasteiger partial charge < -0.3 is 4.74 Å². The lowest BCUT2D eigenvalue weighted by Crippen LogP contribution is -2.06. The van der Waals surface area contributed by atoms with Gasteiger partial charge in [0.15, 0.2) is 0 Å². The van der Waals surface area contributed by atoms with Crippen molar-refractivity contribution in [2.75, 3.05) is 7.11 Å². The second-order valence-corrected chi connectivity index (χ2v) is 6.84. The molecule has 4 heterocycles. The van der Waals surface area contributed by atoms with Crippen molar-refractivity contribution in [2.24, 2.45) is 0 Å². The standard InChI is InChI=1S/C20H17N3O2S/c1-13-6-7-18-16(10-15-4-3-5-17(21-15)20(24)25-2)19(22-23(18)11-13)14-8-9-26-12-14/h3-9,11-12H,10H2,1-2H3. The Kier molecular flexibility index (Phi) is 4.26. The van der Waals surface area contributed by atoms with Crippen molar-refractivity contribution in [1.29, 1.82) is 0 Å². The number of carbonyl (C=O) groups is 1. The third-order valence-corrected chi connectivity index (χ3v) is 4.92. The van der Waals surface area contributed by atoms with Crippen molar-refractivity contribution >= 4 is 22.8 Å². The first kappa shape index (κ1) is 16.5. The largest absolute Gasteiger partial charge is 0.464 e. The van der Waals surface area contributed by atoms with E-state index in [9.17, 15) is 4.79 Å². The van der Waals surface area contributed by atoms with Gasteiger partial charge in [-0.25, -0.2) is 14.3 Å². The molecule has 4 aromatic heterocycles. The van der Waals surface area contributed by atoms with Gasteiger partial charge in [-0.3, -0.25) is 0 Å². The lowest BCUT2D eigenvalue weighted by atomic mass is 10.0. The van der Waals surface area contributed by atoms with E-state index < -0.39 is 5.97 Å². The Balaban J connectivity index is 1.83. The maximum Gasteiger partial charge on any atom is 0.356 e. The molecule has 0 saturated heterocycles. The molecule has 130 valence electrons. The monoisotopic (exact) mass is 363 g/mol. The topological polar surface area (TPSA) is 56.5 Å². The van der Waals surface area contributed by atoms with Crippen molar-refractivity contribution < 1.29 is 9.53 Å². The van der Waals surface area contributed by atoms with Gasteiger partial charge in [0, 0.05) is 34.8 Å². The first-order chi connectivity index (χ1) is 12.7. The van der Waals surface area contributed by atoms with E-state index in [0.29, 0.717) is 12.1 Å². The smallest absolute Gasteiger partial charge is 0.356 e. The Bertz CT molecular complexity index is 1080. The average molecular weight is 363 g/mol. The number of nitrogens with zero attached hydrogens (tertiary/aromatic N) is 3. The molecule has 0 N–H and O–H groups in total. The van der Waals surface area contributed by atoms with Crippen LogP contribution in [0.3, 0.4) is 0 Å². The fourth-order valence-electron chi connectivity index (χ4n) is 2.99. The van der Waals surface area contributed by atoms with Crippen LogP contribution in [-0.2, 0) is 11.2 Å². The van der Waals surface area contributed by atoms with Gasteiger partial charge in [0.2, 0.25) is 0 Å². The second-order valence-electron chi connectivity index (χ2n) is 6.06. The zero-order chi connectivity index (χ0) is 18.1. The SMILES string of the molecule is COC(=O)c1cccc(Cc2c(-c3ccsc3)nn3cc(C)ccc23)n1. The van der Waals surface area contributed by atoms with Gasteiger partial charge in [-0.1, -0.05) is 12.1 Å². The molecular formula is C20H17N3O2S. The van der Waals surface area contributed by atoms with Crippen LogP contribution < -0.4 is 0 Å². The van der Waals surface area contributed by atoms with Crippen LogP contribution in [0.25, 0.3) is 16.8 Å². The van der Waals surface area contributed by atoms with E-state index in [1.54, 1.807) is 17.4 Å². The summed E-state index contributed by atoms with van der Waals surface area (Å²) in [4.78, 5) is 16.2. The predicted molar refractivity (Wildman–Crippen MR) is 102 cm³/mol. The van der Waals surface area contributed by atoms with Gasteiger partial charge in [-0.15, -0.1) is 0 Å². The zero-order valence-corrected chi connectivity index (χ0v) is 15.3. The van der Waals surface area contributed by atoms with E-state index in [2.05, 4.69) is 28.6 Å². The van der Waals surface area contributed by atoms with E-state index in [1.165, 1.54) is 7.11 Å². The number of hydrogen-bond acceptors (Lipinski definition) is 5. The molecule has 0 atom stereocenters. The van der Waals surface area contributed by atoms with E-state index in [0.717, 1.165) is 33.6 Å². The minimum absolute atomic E-state index is 0.314. The number of thiophene rings is 1. The Morgan fingerprint density at radius 2 is 2.12 bits per heavy atom. The number of hydrogen-bond donors (Lipinski definition) is 0. The van der Waals surface area contributed by atoms with Crippen molar-refractivity contribution in [1.82, 2.24) is 14.6 Å². The number of fused-ring (bicyclic) bond motifs is 1. The number of aryl methyl sites for hydroxylation is 1. The molecule has 0 spiro atoms. The molecule has 0 aliphatic heterocycles. The number of esters is 1. The number of aromatic nitrogens is 3. The van der Waals surface area contributed by atoms with E-state index in [-0.39, 0.29) is 0 Å². The van der Waals surface area contributed by atoms with Crippen molar-refractivity contribution in [3.05, 3.63) is 75.9 Å². The minimum Gasteiger partial charge on any atom is -0.464 e. The molecule has 0 aromatic carbocycles. The highest BCUT2D eigenvalue weighted by Gasteiger charge is 2.17. The highest BCUT2D eigenvalue weighted by atomic mass is 32.1. The molecular weight excluding hydrogens is 346 g/mol. The summed E-state index contributed by atoms with van der Waals surface area (Å²) in [5, 5.41) is 8.93. The number of ether oxygens (including phenoxy) is 1.